The zero-order valence-electron chi connectivity index (χ0n) is 18.2. The first-order valence-corrected chi connectivity index (χ1v) is 12.5. The second kappa shape index (κ2) is 12.0. The summed E-state index contributed by atoms with van der Waals surface area (Å²) in [5.41, 5.74) is 1.36. The number of thioether (sulfide) groups is 1. The van der Waals surface area contributed by atoms with Crippen molar-refractivity contribution in [3.05, 3.63) is 60.9 Å². The van der Waals surface area contributed by atoms with Crippen molar-refractivity contribution in [3.8, 4) is 11.5 Å². The predicted octanol–water partition coefficient (Wildman–Crippen LogP) is 6.33. The third-order valence-corrected chi connectivity index (χ3v) is 6.57. The van der Waals surface area contributed by atoms with Crippen molar-refractivity contribution >= 4 is 74.1 Å². The van der Waals surface area contributed by atoms with Gasteiger partial charge in [-0.05, 0) is 77.4 Å². The van der Waals surface area contributed by atoms with Crippen LogP contribution in [-0.2, 0) is 20.9 Å². The smallest absolute Gasteiger partial charge is 0.326 e. The van der Waals surface area contributed by atoms with E-state index in [1.165, 1.54) is 0 Å². The minimum atomic E-state index is -0.644. The maximum atomic E-state index is 12.7. The molecule has 0 radical (unpaired) electrons. The van der Waals surface area contributed by atoms with Crippen LogP contribution < -0.4 is 9.47 Å². The number of ether oxygens (including phenoxy) is 3. The summed E-state index contributed by atoms with van der Waals surface area (Å²) in [7, 11) is 0. The molecule has 2 amide bonds. The third-order valence-electron chi connectivity index (χ3n) is 4.48. The number of halogens is 3. The molecular weight excluding hydrogens is 569 g/mol. The zero-order valence-corrected chi connectivity index (χ0v) is 22.1. The van der Waals surface area contributed by atoms with Crippen molar-refractivity contribution in [1.82, 2.24) is 4.90 Å². The summed E-state index contributed by atoms with van der Waals surface area (Å²) < 4.78 is 17.1. The zero-order chi connectivity index (χ0) is 24.8. The van der Waals surface area contributed by atoms with Gasteiger partial charge in [-0.25, -0.2) is 0 Å². The average molecular weight is 589 g/mol. The van der Waals surface area contributed by atoms with Crippen LogP contribution in [0.2, 0.25) is 10.0 Å². The van der Waals surface area contributed by atoms with Gasteiger partial charge in [0.1, 0.15) is 13.2 Å². The standard InChI is InChI=1S/C23H20BrCl2NO6S/c1-3-31-18-8-13(9-19-22(29)27(23(30)34-19)11-20(28)32-4-2)7-16(24)21(18)33-12-14-5-6-15(25)10-17(14)26/h5-10H,3-4,11-12H2,1-2H3/b19-9+. The van der Waals surface area contributed by atoms with Crippen molar-refractivity contribution in [2.75, 3.05) is 19.8 Å². The molecule has 1 aliphatic rings. The number of carbonyl (C=O) groups excluding carboxylic acids is 3. The molecule has 2 aromatic rings. The molecule has 1 fully saturated rings. The molecule has 11 heteroatoms. The number of imide groups is 1. The largest absolute Gasteiger partial charge is 0.490 e. The first-order chi connectivity index (χ1) is 16.2. The molecule has 34 heavy (non-hydrogen) atoms. The Balaban J connectivity index is 1.83. The van der Waals surface area contributed by atoms with Gasteiger partial charge in [0.05, 0.1) is 22.6 Å². The van der Waals surface area contributed by atoms with Crippen molar-refractivity contribution in [3.63, 3.8) is 0 Å². The average Bonchev–Trinajstić information content (AvgIpc) is 3.02. The van der Waals surface area contributed by atoms with E-state index >= 15 is 0 Å². The second-order valence-corrected chi connectivity index (χ2v) is 9.55. The van der Waals surface area contributed by atoms with Gasteiger partial charge in [0.15, 0.2) is 11.5 Å². The lowest BCUT2D eigenvalue weighted by Gasteiger charge is -2.15. The molecule has 7 nitrogen and oxygen atoms in total. The molecule has 0 saturated carbocycles. The molecule has 1 aliphatic heterocycles. The Bertz CT molecular complexity index is 1160. The predicted molar refractivity (Wildman–Crippen MR) is 135 cm³/mol. The molecule has 1 saturated heterocycles. The summed E-state index contributed by atoms with van der Waals surface area (Å²) >= 11 is 16.4. The lowest BCUT2D eigenvalue weighted by Crippen LogP contribution is -2.34. The van der Waals surface area contributed by atoms with Crippen LogP contribution in [-0.4, -0.2) is 41.8 Å². The van der Waals surface area contributed by atoms with Gasteiger partial charge in [0.25, 0.3) is 11.1 Å². The summed E-state index contributed by atoms with van der Waals surface area (Å²) in [6.45, 7) is 3.78. The summed E-state index contributed by atoms with van der Waals surface area (Å²) in [6.07, 6.45) is 1.56. The fourth-order valence-corrected chi connectivity index (χ4v) is 4.86. The number of nitrogens with zero attached hydrogens (tertiary/aromatic N) is 1. The van der Waals surface area contributed by atoms with Crippen LogP contribution >= 0.6 is 50.9 Å². The van der Waals surface area contributed by atoms with Crippen LogP contribution in [0.5, 0.6) is 11.5 Å². The van der Waals surface area contributed by atoms with E-state index in [9.17, 15) is 14.4 Å². The van der Waals surface area contributed by atoms with E-state index in [-0.39, 0.29) is 18.1 Å². The Kier molecular flexibility index (Phi) is 9.30. The Morgan fingerprint density at radius 2 is 1.88 bits per heavy atom. The molecule has 0 aliphatic carbocycles. The van der Waals surface area contributed by atoms with E-state index in [1.807, 2.05) is 6.92 Å². The van der Waals surface area contributed by atoms with Gasteiger partial charge in [0.2, 0.25) is 0 Å². The molecular formula is C23H20BrCl2NO6S. The number of benzene rings is 2. The Morgan fingerprint density at radius 3 is 2.56 bits per heavy atom. The lowest BCUT2D eigenvalue weighted by atomic mass is 10.1. The fourth-order valence-electron chi connectivity index (χ4n) is 2.99. The number of hydrogen-bond donors (Lipinski definition) is 0. The first-order valence-electron chi connectivity index (χ1n) is 10.2. The number of esters is 1. The quantitative estimate of drug-likeness (QED) is 0.250. The highest BCUT2D eigenvalue weighted by atomic mass is 79.9. The van der Waals surface area contributed by atoms with Crippen LogP contribution in [0.3, 0.4) is 0 Å². The number of hydrogen-bond acceptors (Lipinski definition) is 7. The fraction of sp³-hybridized carbons (Fsp3) is 0.261. The third kappa shape index (κ3) is 6.47. The van der Waals surface area contributed by atoms with Crippen LogP contribution in [0.4, 0.5) is 4.79 Å². The molecule has 3 rings (SSSR count). The number of amides is 2. The minimum absolute atomic E-state index is 0.164. The Morgan fingerprint density at radius 1 is 1.12 bits per heavy atom. The summed E-state index contributed by atoms with van der Waals surface area (Å²) in [4.78, 5) is 37.6. The molecule has 0 unspecified atom stereocenters. The van der Waals surface area contributed by atoms with E-state index < -0.39 is 23.7 Å². The maximum absolute atomic E-state index is 12.7. The normalized spacial score (nSPS) is 14.6. The molecule has 0 aromatic heterocycles. The van der Waals surface area contributed by atoms with Gasteiger partial charge < -0.3 is 14.2 Å². The highest BCUT2D eigenvalue weighted by Gasteiger charge is 2.36. The monoisotopic (exact) mass is 587 g/mol. The van der Waals surface area contributed by atoms with Gasteiger partial charge in [-0.3, -0.25) is 19.3 Å². The van der Waals surface area contributed by atoms with Gasteiger partial charge in [0, 0.05) is 15.6 Å². The number of rotatable bonds is 9. The maximum Gasteiger partial charge on any atom is 0.326 e. The van der Waals surface area contributed by atoms with Crippen LogP contribution in [0.1, 0.15) is 25.0 Å². The van der Waals surface area contributed by atoms with Crippen molar-refractivity contribution in [1.29, 1.82) is 0 Å². The van der Waals surface area contributed by atoms with Crippen molar-refractivity contribution < 1.29 is 28.6 Å². The van der Waals surface area contributed by atoms with Crippen molar-refractivity contribution in [2.24, 2.45) is 0 Å². The van der Waals surface area contributed by atoms with Crippen molar-refractivity contribution in [2.45, 2.75) is 20.5 Å². The van der Waals surface area contributed by atoms with E-state index in [2.05, 4.69) is 15.9 Å². The molecule has 0 atom stereocenters. The molecule has 0 spiro atoms. The minimum Gasteiger partial charge on any atom is -0.490 e. The molecule has 1 heterocycles. The lowest BCUT2D eigenvalue weighted by molar-refractivity contribution is -0.145. The van der Waals surface area contributed by atoms with E-state index in [4.69, 9.17) is 37.4 Å². The topological polar surface area (TPSA) is 82.1 Å². The SMILES string of the molecule is CCOC(=O)CN1C(=O)S/C(=C/c2cc(Br)c(OCc3ccc(Cl)cc3Cl)c(OCC)c2)C1=O. The summed E-state index contributed by atoms with van der Waals surface area (Å²) in [6, 6.07) is 8.58. The molecule has 0 N–H and O–H groups in total. The van der Waals surface area contributed by atoms with Crippen LogP contribution in [0, 0.1) is 0 Å². The van der Waals surface area contributed by atoms with E-state index in [0.29, 0.717) is 38.2 Å². The van der Waals surface area contributed by atoms with Crippen LogP contribution in [0.15, 0.2) is 39.7 Å². The van der Waals surface area contributed by atoms with Gasteiger partial charge in [-0.1, -0.05) is 29.3 Å². The highest BCUT2D eigenvalue weighted by Crippen LogP contribution is 2.40. The summed E-state index contributed by atoms with van der Waals surface area (Å²) in [5, 5.41) is 0.478. The van der Waals surface area contributed by atoms with Gasteiger partial charge in [-0.2, -0.15) is 0 Å². The Hall–Kier alpha value is -2.20. The molecule has 0 bridgehead atoms. The Labute approximate surface area is 219 Å². The van der Waals surface area contributed by atoms with E-state index in [0.717, 1.165) is 22.2 Å². The first kappa shape index (κ1) is 26.4. The summed E-state index contributed by atoms with van der Waals surface area (Å²) in [5.74, 6) is -0.302. The van der Waals surface area contributed by atoms with E-state index in [1.54, 1.807) is 43.3 Å². The van der Waals surface area contributed by atoms with Crippen LogP contribution in [0.25, 0.3) is 6.08 Å². The molecule has 2 aromatic carbocycles. The number of carbonyl (C=O) groups is 3. The van der Waals surface area contributed by atoms with Gasteiger partial charge >= 0.3 is 5.97 Å². The highest BCUT2D eigenvalue weighted by molar-refractivity contribution is 9.10. The second-order valence-electron chi connectivity index (χ2n) is 6.86. The van der Waals surface area contributed by atoms with Gasteiger partial charge in [-0.15, -0.1) is 0 Å². The molecule has 180 valence electrons.